The Kier molecular flexibility index (Phi) is 8.56. The van der Waals surface area contributed by atoms with Gasteiger partial charge >= 0.3 is 6.03 Å². The highest BCUT2D eigenvalue weighted by molar-refractivity contribution is 9.10. The quantitative estimate of drug-likeness (QED) is 0.236. The van der Waals surface area contributed by atoms with Gasteiger partial charge < -0.3 is 27.4 Å². The summed E-state index contributed by atoms with van der Waals surface area (Å²) in [5, 5.41) is 15.4. The first-order chi connectivity index (χ1) is 14.7. The summed E-state index contributed by atoms with van der Waals surface area (Å²) >= 11 is 3.39. The van der Waals surface area contributed by atoms with E-state index in [1.807, 2.05) is 31.2 Å². The molecular weight excluding hydrogens is 464 g/mol. The van der Waals surface area contributed by atoms with Crippen LogP contribution in [0.3, 0.4) is 0 Å². The molecule has 2 aromatic rings. The summed E-state index contributed by atoms with van der Waals surface area (Å²) in [7, 11) is 0. The first-order valence-electron chi connectivity index (χ1n) is 9.52. The first kappa shape index (κ1) is 23.9. The molecule has 164 valence electrons. The summed E-state index contributed by atoms with van der Waals surface area (Å²) < 4.78 is 0.879. The van der Waals surface area contributed by atoms with E-state index in [2.05, 4.69) is 31.9 Å². The molecule has 0 heterocycles. The van der Waals surface area contributed by atoms with E-state index in [4.69, 9.17) is 16.9 Å². The molecule has 9 nitrogen and oxygen atoms in total. The largest absolute Gasteiger partial charge is 0.384 e. The molecule has 0 radical (unpaired) electrons. The molecule has 2 rings (SSSR count). The van der Waals surface area contributed by atoms with Crippen LogP contribution in [0.2, 0.25) is 0 Å². The van der Waals surface area contributed by atoms with Gasteiger partial charge in [-0.05, 0) is 55.3 Å². The Labute approximate surface area is 188 Å². The fourth-order valence-electron chi connectivity index (χ4n) is 2.79. The number of hydrogen-bond donors (Lipinski definition) is 6. The molecule has 0 aliphatic carbocycles. The van der Waals surface area contributed by atoms with Gasteiger partial charge in [0.1, 0.15) is 11.9 Å². The van der Waals surface area contributed by atoms with Gasteiger partial charge in [-0.1, -0.05) is 28.1 Å². The number of nitrogen functional groups attached to an aromatic ring is 1. The van der Waals surface area contributed by atoms with E-state index in [1.54, 1.807) is 24.3 Å². The highest BCUT2D eigenvalue weighted by Gasteiger charge is 2.23. The SMILES string of the molecule is CC(NC(=O)C(CCC(N)=O)NC(=O)Nc1ccc(C(=N)N)cc1)c1cccc(Br)c1. The number of amidine groups is 1. The Hall–Kier alpha value is -3.40. The summed E-state index contributed by atoms with van der Waals surface area (Å²) in [6.45, 7) is 1.82. The maximum Gasteiger partial charge on any atom is 0.319 e. The number of amides is 4. The summed E-state index contributed by atoms with van der Waals surface area (Å²) in [5.41, 5.74) is 12.5. The summed E-state index contributed by atoms with van der Waals surface area (Å²) in [6, 6.07) is 12.0. The van der Waals surface area contributed by atoms with Crippen molar-refractivity contribution in [1.82, 2.24) is 10.6 Å². The van der Waals surface area contributed by atoms with Gasteiger partial charge in [-0.25, -0.2) is 4.79 Å². The number of primary amides is 1. The lowest BCUT2D eigenvalue weighted by Gasteiger charge is -2.22. The molecule has 2 atom stereocenters. The molecule has 0 bridgehead atoms. The maximum absolute atomic E-state index is 12.8. The van der Waals surface area contributed by atoms with Crippen LogP contribution in [-0.4, -0.2) is 29.7 Å². The van der Waals surface area contributed by atoms with Crippen molar-refractivity contribution in [2.45, 2.75) is 31.8 Å². The number of halogens is 1. The molecule has 0 aliphatic rings. The van der Waals surface area contributed by atoms with E-state index in [-0.39, 0.29) is 24.7 Å². The predicted octanol–water partition coefficient (Wildman–Crippen LogP) is 2.37. The van der Waals surface area contributed by atoms with Crippen molar-refractivity contribution in [2.24, 2.45) is 11.5 Å². The van der Waals surface area contributed by atoms with E-state index in [0.717, 1.165) is 10.0 Å². The summed E-state index contributed by atoms with van der Waals surface area (Å²) in [6.07, 6.45) is 0.00000641. The van der Waals surface area contributed by atoms with Crippen LogP contribution < -0.4 is 27.4 Å². The lowest BCUT2D eigenvalue weighted by Crippen LogP contribution is -2.49. The van der Waals surface area contributed by atoms with Gasteiger partial charge in [0, 0.05) is 22.1 Å². The molecule has 0 aromatic heterocycles. The molecule has 0 spiro atoms. The Morgan fingerprint density at radius 3 is 2.32 bits per heavy atom. The Bertz CT molecular complexity index is 964. The molecule has 0 saturated carbocycles. The van der Waals surface area contributed by atoms with E-state index >= 15 is 0 Å². The highest BCUT2D eigenvalue weighted by Crippen LogP contribution is 2.18. The number of carbonyl (C=O) groups excluding carboxylic acids is 3. The summed E-state index contributed by atoms with van der Waals surface area (Å²) in [5.74, 6) is -1.09. The molecule has 0 saturated heterocycles. The average Bonchev–Trinajstić information content (AvgIpc) is 2.71. The van der Waals surface area contributed by atoms with E-state index in [9.17, 15) is 14.4 Å². The monoisotopic (exact) mass is 488 g/mol. The minimum absolute atomic E-state index is 0.0586. The normalized spacial score (nSPS) is 12.3. The van der Waals surface area contributed by atoms with Gasteiger partial charge in [0.15, 0.2) is 0 Å². The average molecular weight is 489 g/mol. The van der Waals surface area contributed by atoms with Crippen molar-refractivity contribution < 1.29 is 14.4 Å². The fourth-order valence-corrected chi connectivity index (χ4v) is 3.20. The smallest absolute Gasteiger partial charge is 0.319 e. The van der Waals surface area contributed by atoms with Gasteiger partial charge in [0.25, 0.3) is 0 Å². The summed E-state index contributed by atoms with van der Waals surface area (Å²) in [4.78, 5) is 36.4. The molecule has 2 unspecified atom stereocenters. The maximum atomic E-state index is 12.8. The molecule has 31 heavy (non-hydrogen) atoms. The lowest BCUT2D eigenvalue weighted by molar-refractivity contribution is -0.124. The molecule has 0 aliphatic heterocycles. The van der Waals surface area contributed by atoms with Crippen molar-refractivity contribution in [2.75, 3.05) is 5.32 Å². The van der Waals surface area contributed by atoms with Gasteiger partial charge in [0.2, 0.25) is 11.8 Å². The highest BCUT2D eigenvalue weighted by atomic mass is 79.9. The van der Waals surface area contributed by atoms with Crippen LogP contribution in [0.25, 0.3) is 0 Å². The van der Waals surface area contributed by atoms with E-state index in [1.165, 1.54) is 0 Å². The van der Waals surface area contributed by atoms with Crippen molar-refractivity contribution in [3.05, 3.63) is 64.1 Å². The third-order valence-corrected chi connectivity index (χ3v) is 4.96. The topological polar surface area (TPSA) is 163 Å². The van der Waals surface area contributed by atoms with Gasteiger partial charge in [-0.2, -0.15) is 0 Å². The minimum Gasteiger partial charge on any atom is -0.384 e. The van der Waals surface area contributed by atoms with Crippen molar-refractivity contribution in [1.29, 1.82) is 5.41 Å². The van der Waals surface area contributed by atoms with Crippen LogP contribution in [0.1, 0.15) is 36.9 Å². The fraction of sp³-hybridized carbons (Fsp3) is 0.238. The first-order valence-corrected chi connectivity index (χ1v) is 10.3. The number of carbonyl (C=O) groups is 3. The predicted molar refractivity (Wildman–Crippen MR) is 123 cm³/mol. The Balaban J connectivity index is 2.04. The van der Waals surface area contributed by atoms with Crippen molar-refractivity contribution >= 4 is 45.3 Å². The molecule has 2 aromatic carbocycles. The lowest BCUT2D eigenvalue weighted by atomic mass is 10.1. The number of urea groups is 1. The number of nitrogens with one attached hydrogen (secondary N) is 4. The minimum atomic E-state index is -0.960. The van der Waals surface area contributed by atoms with Gasteiger partial charge in [0.05, 0.1) is 6.04 Å². The molecule has 8 N–H and O–H groups in total. The van der Waals surface area contributed by atoms with Crippen LogP contribution in [0.4, 0.5) is 10.5 Å². The van der Waals surface area contributed by atoms with Crippen LogP contribution in [0.15, 0.2) is 53.0 Å². The van der Waals surface area contributed by atoms with Crippen LogP contribution in [-0.2, 0) is 9.59 Å². The number of rotatable bonds is 9. The van der Waals surface area contributed by atoms with Crippen LogP contribution in [0.5, 0.6) is 0 Å². The van der Waals surface area contributed by atoms with Gasteiger partial charge in [-0.15, -0.1) is 0 Å². The third kappa shape index (κ3) is 7.74. The molecule has 4 amide bonds. The second-order valence-corrected chi connectivity index (χ2v) is 7.85. The van der Waals surface area contributed by atoms with Crippen LogP contribution >= 0.6 is 15.9 Å². The number of benzene rings is 2. The molecular formula is C21H25BrN6O3. The number of hydrogen-bond acceptors (Lipinski definition) is 4. The zero-order valence-corrected chi connectivity index (χ0v) is 18.5. The molecule has 0 fully saturated rings. The van der Waals surface area contributed by atoms with E-state index < -0.39 is 23.9 Å². The second kappa shape index (κ2) is 11.1. The third-order valence-electron chi connectivity index (χ3n) is 4.46. The second-order valence-electron chi connectivity index (χ2n) is 6.93. The van der Waals surface area contributed by atoms with E-state index in [0.29, 0.717) is 11.3 Å². The Morgan fingerprint density at radius 2 is 1.74 bits per heavy atom. The molecule has 10 heteroatoms. The Morgan fingerprint density at radius 1 is 1.06 bits per heavy atom. The zero-order valence-electron chi connectivity index (χ0n) is 16.9. The number of anilines is 1. The zero-order chi connectivity index (χ0) is 23.0. The van der Waals surface area contributed by atoms with Gasteiger partial charge in [-0.3, -0.25) is 15.0 Å². The number of nitrogens with two attached hydrogens (primary N) is 2. The standard InChI is InChI=1S/C21H25BrN6O3/c1-12(14-3-2-4-15(22)11-14)26-20(30)17(9-10-18(23)29)28-21(31)27-16-7-5-13(6-8-16)19(24)25/h2-8,11-12,17H,9-10H2,1H3,(H2,23,29)(H3,24,25)(H,26,30)(H2,27,28,31). The van der Waals surface area contributed by atoms with Crippen molar-refractivity contribution in [3.8, 4) is 0 Å². The van der Waals surface area contributed by atoms with Crippen molar-refractivity contribution in [3.63, 3.8) is 0 Å². The van der Waals surface area contributed by atoms with Crippen LogP contribution in [0, 0.1) is 5.41 Å².